The number of hydrogen-bond acceptors (Lipinski definition) is 3. The Morgan fingerprint density at radius 3 is 2.69 bits per heavy atom. The van der Waals surface area contributed by atoms with E-state index in [0.29, 0.717) is 6.54 Å². The van der Waals surface area contributed by atoms with E-state index in [9.17, 15) is 0 Å². The molecule has 74 valence electrons. The van der Waals surface area contributed by atoms with Gasteiger partial charge in [0.25, 0.3) is 0 Å². The molecule has 1 heterocycles. The zero-order valence-corrected chi connectivity index (χ0v) is 8.46. The van der Waals surface area contributed by atoms with Gasteiger partial charge in [0, 0.05) is 17.8 Å². The number of nitrogens with one attached hydrogen (secondary N) is 1. The Hall–Kier alpha value is -0.870. The molecule has 0 aliphatic heterocycles. The number of aromatic nitrogens is 2. The highest BCUT2D eigenvalue weighted by Crippen LogP contribution is 2.11. The molecular weight excluding hydrogens is 166 g/mol. The van der Waals surface area contributed by atoms with Gasteiger partial charge in [-0.15, -0.1) is 0 Å². The van der Waals surface area contributed by atoms with Crippen LogP contribution in [0.15, 0.2) is 0 Å². The van der Waals surface area contributed by atoms with Gasteiger partial charge in [-0.2, -0.15) is 5.10 Å². The summed E-state index contributed by atoms with van der Waals surface area (Å²) >= 11 is 0. The number of aliphatic hydroxyl groups excluding tert-OH is 1. The van der Waals surface area contributed by atoms with Crippen molar-refractivity contribution >= 4 is 0 Å². The van der Waals surface area contributed by atoms with E-state index in [1.807, 2.05) is 25.6 Å². The molecular formula is C9H17N3O. The van der Waals surface area contributed by atoms with E-state index >= 15 is 0 Å². The van der Waals surface area contributed by atoms with Crippen molar-refractivity contribution in [3.05, 3.63) is 17.0 Å². The van der Waals surface area contributed by atoms with E-state index < -0.39 is 0 Å². The van der Waals surface area contributed by atoms with Crippen LogP contribution in [-0.4, -0.2) is 28.5 Å². The quantitative estimate of drug-likeness (QED) is 0.701. The second-order valence-electron chi connectivity index (χ2n) is 3.13. The highest BCUT2D eigenvalue weighted by Gasteiger charge is 2.09. The molecule has 4 nitrogen and oxygen atoms in total. The maximum atomic E-state index is 8.80. The second kappa shape index (κ2) is 4.39. The molecule has 1 rings (SSSR count). The van der Waals surface area contributed by atoms with Crippen LogP contribution >= 0.6 is 0 Å². The summed E-state index contributed by atoms with van der Waals surface area (Å²) in [5, 5.41) is 16.2. The first kappa shape index (κ1) is 10.2. The standard InChI is InChI=1S/C9H17N3O/c1-7-9(6-10-3)8(2)12(11-7)4-5-13/h10,13H,4-6H2,1-3H3. The Morgan fingerprint density at radius 1 is 1.46 bits per heavy atom. The SMILES string of the molecule is CNCc1c(C)nn(CCO)c1C. The largest absolute Gasteiger partial charge is 0.394 e. The predicted octanol–water partition coefficient (Wildman–Crippen LogP) is 0.212. The van der Waals surface area contributed by atoms with Crippen LogP contribution in [0.3, 0.4) is 0 Å². The van der Waals surface area contributed by atoms with Crippen molar-refractivity contribution in [3.8, 4) is 0 Å². The Labute approximate surface area is 78.6 Å². The highest BCUT2D eigenvalue weighted by atomic mass is 16.3. The van der Waals surface area contributed by atoms with E-state index in [1.54, 1.807) is 0 Å². The summed E-state index contributed by atoms with van der Waals surface area (Å²) in [7, 11) is 1.92. The molecule has 13 heavy (non-hydrogen) atoms. The fourth-order valence-corrected chi connectivity index (χ4v) is 1.48. The molecule has 0 spiro atoms. The molecule has 0 saturated carbocycles. The van der Waals surface area contributed by atoms with Crippen molar-refractivity contribution in [1.82, 2.24) is 15.1 Å². The van der Waals surface area contributed by atoms with Crippen molar-refractivity contribution in [3.63, 3.8) is 0 Å². The lowest BCUT2D eigenvalue weighted by Gasteiger charge is -2.02. The smallest absolute Gasteiger partial charge is 0.0644 e. The van der Waals surface area contributed by atoms with Crippen molar-refractivity contribution in [2.45, 2.75) is 26.9 Å². The van der Waals surface area contributed by atoms with Crippen LogP contribution in [0, 0.1) is 13.8 Å². The zero-order valence-electron chi connectivity index (χ0n) is 8.46. The summed E-state index contributed by atoms with van der Waals surface area (Å²) in [4.78, 5) is 0. The van der Waals surface area contributed by atoms with Gasteiger partial charge in [0.15, 0.2) is 0 Å². The highest BCUT2D eigenvalue weighted by molar-refractivity contribution is 5.24. The third-order valence-corrected chi connectivity index (χ3v) is 2.20. The predicted molar refractivity (Wildman–Crippen MR) is 51.6 cm³/mol. The van der Waals surface area contributed by atoms with Crippen LogP contribution in [0.5, 0.6) is 0 Å². The van der Waals surface area contributed by atoms with E-state index in [1.165, 1.54) is 5.56 Å². The zero-order chi connectivity index (χ0) is 9.84. The van der Waals surface area contributed by atoms with E-state index in [2.05, 4.69) is 10.4 Å². The van der Waals surface area contributed by atoms with E-state index in [-0.39, 0.29) is 6.61 Å². The lowest BCUT2D eigenvalue weighted by molar-refractivity contribution is 0.267. The van der Waals surface area contributed by atoms with Crippen molar-refractivity contribution in [2.24, 2.45) is 0 Å². The summed E-state index contributed by atoms with van der Waals surface area (Å²) in [6.07, 6.45) is 0. The van der Waals surface area contributed by atoms with Crippen molar-refractivity contribution in [1.29, 1.82) is 0 Å². The summed E-state index contributed by atoms with van der Waals surface area (Å²) in [5.74, 6) is 0. The minimum atomic E-state index is 0.140. The van der Waals surface area contributed by atoms with E-state index in [0.717, 1.165) is 17.9 Å². The monoisotopic (exact) mass is 183 g/mol. The third-order valence-electron chi connectivity index (χ3n) is 2.20. The molecule has 0 aromatic carbocycles. The van der Waals surface area contributed by atoms with E-state index in [4.69, 9.17) is 5.11 Å². The Kier molecular flexibility index (Phi) is 3.45. The summed E-state index contributed by atoms with van der Waals surface area (Å²) in [6.45, 7) is 5.58. The summed E-state index contributed by atoms with van der Waals surface area (Å²) in [5.41, 5.74) is 3.41. The number of aliphatic hydroxyl groups is 1. The second-order valence-corrected chi connectivity index (χ2v) is 3.13. The average Bonchev–Trinajstić information content (AvgIpc) is 2.34. The van der Waals surface area contributed by atoms with Gasteiger partial charge in [0.05, 0.1) is 18.8 Å². The minimum absolute atomic E-state index is 0.140. The van der Waals surface area contributed by atoms with Crippen LogP contribution in [0.2, 0.25) is 0 Å². The molecule has 0 amide bonds. The molecule has 2 N–H and O–H groups in total. The van der Waals surface area contributed by atoms with Crippen LogP contribution in [0.25, 0.3) is 0 Å². The normalized spacial score (nSPS) is 10.8. The van der Waals surface area contributed by atoms with Gasteiger partial charge < -0.3 is 10.4 Å². The average molecular weight is 183 g/mol. The fourth-order valence-electron chi connectivity index (χ4n) is 1.48. The number of nitrogens with zero attached hydrogens (tertiary/aromatic N) is 2. The molecule has 1 aromatic heterocycles. The third kappa shape index (κ3) is 2.08. The van der Waals surface area contributed by atoms with Gasteiger partial charge in [-0.05, 0) is 20.9 Å². The minimum Gasteiger partial charge on any atom is -0.394 e. The van der Waals surface area contributed by atoms with Crippen LogP contribution in [-0.2, 0) is 13.1 Å². The van der Waals surface area contributed by atoms with Gasteiger partial charge in [-0.25, -0.2) is 0 Å². The van der Waals surface area contributed by atoms with Gasteiger partial charge in [-0.1, -0.05) is 0 Å². The molecule has 0 aliphatic rings. The number of aryl methyl sites for hydroxylation is 1. The maximum absolute atomic E-state index is 8.80. The Morgan fingerprint density at radius 2 is 2.15 bits per heavy atom. The molecule has 0 aliphatic carbocycles. The summed E-state index contributed by atoms with van der Waals surface area (Å²) < 4.78 is 1.85. The molecule has 0 bridgehead atoms. The van der Waals surface area contributed by atoms with Crippen LogP contribution in [0.1, 0.15) is 17.0 Å². The topological polar surface area (TPSA) is 50.1 Å². The summed E-state index contributed by atoms with van der Waals surface area (Å²) in [6, 6.07) is 0. The first-order valence-electron chi connectivity index (χ1n) is 4.49. The molecule has 0 unspecified atom stereocenters. The molecule has 1 aromatic rings. The Bertz CT molecular complexity index is 281. The molecule has 0 saturated heterocycles. The first-order chi connectivity index (χ1) is 6.20. The van der Waals surface area contributed by atoms with Crippen LogP contribution < -0.4 is 5.32 Å². The number of hydrogen-bond donors (Lipinski definition) is 2. The lowest BCUT2D eigenvalue weighted by atomic mass is 10.2. The molecule has 0 radical (unpaired) electrons. The number of rotatable bonds is 4. The fraction of sp³-hybridized carbons (Fsp3) is 0.667. The van der Waals surface area contributed by atoms with Gasteiger partial charge >= 0.3 is 0 Å². The Balaban J connectivity index is 2.92. The van der Waals surface area contributed by atoms with Crippen molar-refractivity contribution in [2.75, 3.05) is 13.7 Å². The first-order valence-corrected chi connectivity index (χ1v) is 4.49. The van der Waals surface area contributed by atoms with Gasteiger partial charge in [-0.3, -0.25) is 4.68 Å². The molecule has 0 atom stereocenters. The lowest BCUT2D eigenvalue weighted by Crippen LogP contribution is -2.09. The van der Waals surface area contributed by atoms with Crippen molar-refractivity contribution < 1.29 is 5.11 Å². The molecule has 4 heteroatoms. The van der Waals surface area contributed by atoms with Gasteiger partial charge in [0.1, 0.15) is 0 Å². The van der Waals surface area contributed by atoms with Gasteiger partial charge in [0.2, 0.25) is 0 Å². The maximum Gasteiger partial charge on any atom is 0.0644 e. The molecule has 0 fully saturated rings. The van der Waals surface area contributed by atoms with Crippen LogP contribution in [0.4, 0.5) is 0 Å².